The Labute approximate surface area is 122 Å². The van der Waals surface area contributed by atoms with Gasteiger partial charge in [-0.05, 0) is 32.9 Å². The second-order valence-corrected chi connectivity index (χ2v) is 5.29. The van der Waals surface area contributed by atoms with Crippen LogP contribution in [-0.2, 0) is 0 Å². The number of hydrogen-bond donors (Lipinski definition) is 0. The minimum atomic E-state index is -0.412. The molecular weight excluding hydrogens is 283 g/mol. The van der Waals surface area contributed by atoms with Gasteiger partial charge in [0.25, 0.3) is 0 Å². The number of nitrogens with zero attached hydrogens (tertiary/aromatic N) is 2. The molecule has 0 spiro atoms. The van der Waals surface area contributed by atoms with E-state index in [-0.39, 0.29) is 5.78 Å². The van der Waals surface area contributed by atoms with Crippen LogP contribution in [0, 0.1) is 13.8 Å². The van der Waals surface area contributed by atoms with Crippen LogP contribution in [0.5, 0.6) is 0 Å². The number of ketones is 1. The van der Waals surface area contributed by atoms with E-state index in [0.717, 1.165) is 11.4 Å². The standard InChI is InChI=1S/C14H14Cl2N2O/c1-8-13(16)9(2)18(17-8)10(3)14(19)11-5-4-6-12(15)7-11/h4-7,10H,1-3H3. The zero-order valence-electron chi connectivity index (χ0n) is 10.9. The maximum atomic E-state index is 12.4. The van der Waals surface area contributed by atoms with E-state index in [1.165, 1.54) is 0 Å². The van der Waals surface area contributed by atoms with E-state index in [1.54, 1.807) is 35.9 Å². The van der Waals surface area contributed by atoms with Crippen molar-refractivity contribution in [3.05, 3.63) is 51.3 Å². The highest BCUT2D eigenvalue weighted by molar-refractivity contribution is 6.32. The molecule has 0 aliphatic carbocycles. The summed E-state index contributed by atoms with van der Waals surface area (Å²) >= 11 is 12.0. The van der Waals surface area contributed by atoms with E-state index < -0.39 is 6.04 Å². The van der Waals surface area contributed by atoms with E-state index >= 15 is 0 Å². The zero-order chi connectivity index (χ0) is 14.2. The van der Waals surface area contributed by atoms with Crippen molar-refractivity contribution >= 4 is 29.0 Å². The van der Waals surface area contributed by atoms with Gasteiger partial charge in [-0.1, -0.05) is 35.3 Å². The van der Waals surface area contributed by atoms with Gasteiger partial charge in [-0.25, -0.2) is 0 Å². The third-order valence-corrected chi connectivity index (χ3v) is 3.87. The van der Waals surface area contributed by atoms with Crippen molar-refractivity contribution in [3.8, 4) is 0 Å². The van der Waals surface area contributed by atoms with Gasteiger partial charge >= 0.3 is 0 Å². The molecule has 1 aromatic carbocycles. The summed E-state index contributed by atoms with van der Waals surface area (Å²) in [6.07, 6.45) is 0. The van der Waals surface area contributed by atoms with Gasteiger partial charge < -0.3 is 0 Å². The molecule has 3 nitrogen and oxygen atoms in total. The van der Waals surface area contributed by atoms with Crippen molar-refractivity contribution in [2.45, 2.75) is 26.8 Å². The summed E-state index contributed by atoms with van der Waals surface area (Å²) in [5.74, 6) is -0.0373. The molecule has 0 bridgehead atoms. The van der Waals surface area contributed by atoms with Gasteiger partial charge in [-0.15, -0.1) is 0 Å². The molecule has 0 aliphatic heterocycles. The summed E-state index contributed by atoms with van der Waals surface area (Å²) in [5, 5.41) is 5.46. The van der Waals surface area contributed by atoms with Gasteiger partial charge in [0.2, 0.25) is 0 Å². The molecule has 2 rings (SSSR count). The van der Waals surface area contributed by atoms with E-state index in [2.05, 4.69) is 5.10 Å². The summed E-state index contributed by atoms with van der Waals surface area (Å²) in [6.45, 7) is 5.48. The summed E-state index contributed by atoms with van der Waals surface area (Å²) in [7, 11) is 0. The van der Waals surface area contributed by atoms with Crippen molar-refractivity contribution < 1.29 is 4.79 Å². The molecule has 2 aromatic rings. The van der Waals surface area contributed by atoms with Crippen LogP contribution in [-0.4, -0.2) is 15.6 Å². The molecule has 1 heterocycles. The number of carbonyl (C=O) groups is 1. The van der Waals surface area contributed by atoms with Crippen LogP contribution in [0.1, 0.15) is 34.7 Å². The van der Waals surface area contributed by atoms with Crippen LogP contribution in [0.25, 0.3) is 0 Å². The molecule has 0 saturated carbocycles. The maximum absolute atomic E-state index is 12.4. The van der Waals surface area contributed by atoms with Crippen molar-refractivity contribution in [2.24, 2.45) is 0 Å². The molecule has 0 radical (unpaired) electrons. The second kappa shape index (κ2) is 5.35. The minimum absolute atomic E-state index is 0.0373. The fourth-order valence-electron chi connectivity index (χ4n) is 2.01. The number of benzene rings is 1. The highest BCUT2D eigenvalue weighted by Gasteiger charge is 2.21. The summed E-state index contributed by atoms with van der Waals surface area (Å²) in [5.41, 5.74) is 2.09. The molecule has 0 amide bonds. The molecule has 1 atom stereocenters. The minimum Gasteiger partial charge on any atom is -0.292 e. The molecule has 1 aromatic heterocycles. The lowest BCUT2D eigenvalue weighted by Gasteiger charge is -2.13. The first-order valence-corrected chi connectivity index (χ1v) is 6.68. The van der Waals surface area contributed by atoms with Crippen molar-refractivity contribution in [3.63, 3.8) is 0 Å². The molecule has 19 heavy (non-hydrogen) atoms. The smallest absolute Gasteiger partial charge is 0.187 e. The quantitative estimate of drug-likeness (QED) is 0.794. The molecule has 0 saturated heterocycles. The Balaban J connectivity index is 2.36. The Morgan fingerprint density at radius 3 is 2.53 bits per heavy atom. The number of aryl methyl sites for hydroxylation is 1. The fourth-order valence-corrected chi connectivity index (χ4v) is 2.33. The van der Waals surface area contributed by atoms with Crippen molar-refractivity contribution in [1.29, 1.82) is 0 Å². The van der Waals surface area contributed by atoms with Crippen LogP contribution in [0.2, 0.25) is 10.0 Å². The van der Waals surface area contributed by atoms with Gasteiger partial charge in [-0.3, -0.25) is 9.48 Å². The first-order valence-electron chi connectivity index (χ1n) is 5.92. The molecule has 100 valence electrons. The molecular formula is C14H14Cl2N2O. The number of aromatic nitrogens is 2. The summed E-state index contributed by atoms with van der Waals surface area (Å²) in [6, 6.07) is 6.50. The average Bonchev–Trinajstić information content (AvgIpc) is 2.65. The topological polar surface area (TPSA) is 34.9 Å². The van der Waals surface area contributed by atoms with Crippen LogP contribution >= 0.6 is 23.2 Å². The van der Waals surface area contributed by atoms with Crippen LogP contribution < -0.4 is 0 Å². The SMILES string of the molecule is Cc1nn(C(C)C(=O)c2cccc(Cl)c2)c(C)c1Cl. The zero-order valence-corrected chi connectivity index (χ0v) is 12.5. The Morgan fingerprint density at radius 1 is 1.32 bits per heavy atom. The Hall–Kier alpha value is -1.32. The molecule has 1 unspecified atom stereocenters. The number of Topliss-reactive ketones (excluding diaryl/α,β-unsaturated/α-hetero) is 1. The lowest BCUT2D eigenvalue weighted by atomic mass is 10.1. The van der Waals surface area contributed by atoms with Crippen LogP contribution in [0.4, 0.5) is 0 Å². The fraction of sp³-hybridized carbons (Fsp3) is 0.286. The molecule has 0 fully saturated rings. The normalized spacial score (nSPS) is 12.5. The largest absolute Gasteiger partial charge is 0.292 e. The monoisotopic (exact) mass is 296 g/mol. The lowest BCUT2D eigenvalue weighted by Crippen LogP contribution is -2.19. The van der Waals surface area contributed by atoms with Crippen LogP contribution in [0.3, 0.4) is 0 Å². The first kappa shape index (κ1) is 14.1. The average molecular weight is 297 g/mol. The Bertz CT molecular complexity index is 634. The van der Waals surface area contributed by atoms with Crippen molar-refractivity contribution in [2.75, 3.05) is 0 Å². The predicted molar refractivity (Wildman–Crippen MR) is 77.2 cm³/mol. The van der Waals surface area contributed by atoms with Gasteiger partial charge in [0.1, 0.15) is 6.04 Å². The third kappa shape index (κ3) is 2.67. The van der Waals surface area contributed by atoms with Gasteiger partial charge in [0, 0.05) is 10.6 Å². The molecule has 5 heteroatoms. The van der Waals surface area contributed by atoms with E-state index in [1.807, 2.05) is 13.8 Å². The third-order valence-electron chi connectivity index (χ3n) is 3.09. The number of hydrogen-bond acceptors (Lipinski definition) is 2. The number of rotatable bonds is 3. The Kier molecular flexibility index (Phi) is 3.97. The van der Waals surface area contributed by atoms with Gasteiger partial charge in [0.05, 0.1) is 16.4 Å². The molecule has 0 aliphatic rings. The highest BCUT2D eigenvalue weighted by atomic mass is 35.5. The van der Waals surface area contributed by atoms with Crippen LogP contribution in [0.15, 0.2) is 24.3 Å². The van der Waals surface area contributed by atoms with E-state index in [0.29, 0.717) is 15.6 Å². The summed E-state index contributed by atoms with van der Waals surface area (Å²) < 4.78 is 1.65. The maximum Gasteiger partial charge on any atom is 0.187 e. The van der Waals surface area contributed by atoms with E-state index in [9.17, 15) is 4.79 Å². The number of carbonyl (C=O) groups excluding carboxylic acids is 1. The van der Waals surface area contributed by atoms with E-state index in [4.69, 9.17) is 23.2 Å². The van der Waals surface area contributed by atoms with Crippen molar-refractivity contribution in [1.82, 2.24) is 9.78 Å². The Morgan fingerprint density at radius 2 is 2.00 bits per heavy atom. The molecule has 0 N–H and O–H groups in total. The summed E-state index contributed by atoms with van der Waals surface area (Å²) in [4.78, 5) is 12.4. The van der Waals surface area contributed by atoms with Gasteiger partial charge in [-0.2, -0.15) is 5.10 Å². The lowest BCUT2D eigenvalue weighted by molar-refractivity contribution is 0.0926. The predicted octanol–water partition coefficient (Wildman–Crippen LogP) is 4.25. The highest BCUT2D eigenvalue weighted by Crippen LogP contribution is 2.24. The number of halogens is 2. The first-order chi connectivity index (χ1) is 8.91. The van der Waals surface area contributed by atoms with Gasteiger partial charge in [0.15, 0.2) is 5.78 Å². The second-order valence-electron chi connectivity index (χ2n) is 4.48.